The number of nitrogens with one attached hydrogen (secondary N) is 1. The van der Waals surface area contributed by atoms with Crippen LogP contribution >= 0.6 is 11.6 Å². The molecule has 0 aliphatic heterocycles. The van der Waals surface area contributed by atoms with Crippen LogP contribution in [0.5, 0.6) is 0 Å². The Morgan fingerprint density at radius 2 is 2.17 bits per heavy atom. The molecule has 1 heterocycles. The quantitative estimate of drug-likeness (QED) is 0.509. The Bertz CT molecular complexity index is 508. The molecule has 0 saturated carbocycles. The Morgan fingerprint density at radius 1 is 1.50 bits per heavy atom. The highest BCUT2D eigenvalue weighted by atomic mass is 35.5. The topological polar surface area (TPSA) is 82.9 Å². The second kappa shape index (κ2) is 6.12. The third-order valence-corrected chi connectivity index (χ3v) is 2.30. The van der Waals surface area contributed by atoms with Crippen LogP contribution in [-0.2, 0) is 4.79 Å². The average molecular weight is 266 g/mol. The number of amides is 1. The van der Waals surface area contributed by atoms with Gasteiger partial charge >= 0.3 is 0 Å². The molecule has 18 heavy (non-hydrogen) atoms. The summed E-state index contributed by atoms with van der Waals surface area (Å²) in [4.78, 5) is 27.4. The number of aromatic nitrogens is 1. The average Bonchev–Trinajstić information content (AvgIpc) is 2.28. The summed E-state index contributed by atoms with van der Waals surface area (Å²) in [6, 6.07) is 4.31. The second-order valence-electron chi connectivity index (χ2n) is 3.96. The van der Waals surface area contributed by atoms with Gasteiger partial charge in [0.2, 0.25) is 5.91 Å². The van der Waals surface area contributed by atoms with Crippen LogP contribution in [0.3, 0.4) is 0 Å². The normalized spacial score (nSPS) is 11.7. The van der Waals surface area contributed by atoms with Crippen LogP contribution in [0.25, 0.3) is 0 Å². The zero-order chi connectivity index (χ0) is 13.7. The molecule has 6 heteroatoms. The fourth-order valence-electron chi connectivity index (χ4n) is 1.33. The van der Waals surface area contributed by atoms with Crippen LogP contribution in [0.1, 0.15) is 24.2 Å². The minimum absolute atomic E-state index is 0.137. The van der Waals surface area contributed by atoms with Gasteiger partial charge in [-0.25, -0.2) is 4.98 Å². The van der Waals surface area contributed by atoms with Crippen LogP contribution in [0, 0.1) is 17.2 Å². The van der Waals surface area contributed by atoms with Crippen molar-refractivity contribution in [3.05, 3.63) is 29.0 Å². The first-order valence-corrected chi connectivity index (χ1v) is 5.69. The zero-order valence-corrected chi connectivity index (χ0v) is 10.7. The van der Waals surface area contributed by atoms with E-state index in [2.05, 4.69) is 10.3 Å². The molecule has 1 rings (SSSR count). The molecule has 94 valence electrons. The van der Waals surface area contributed by atoms with Gasteiger partial charge in [-0.15, -0.1) is 0 Å². The summed E-state index contributed by atoms with van der Waals surface area (Å²) >= 11 is 5.65. The summed E-state index contributed by atoms with van der Waals surface area (Å²) in [5.74, 6) is -2.56. The maximum Gasteiger partial charge on any atom is 0.245 e. The summed E-state index contributed by atoms with van der Waals surface area (Å²) in [6.07, 6.45) is 1.35. The second-order valence-corrected chi connectivity index (χ2v) is 4.34. The van der Waals surface area contributed by atoms with E-state index in [1.54, 1.807) is 19.9 Å². The van der Waals surface area contributed by atoms with Gasteiger partial charge < -0.3 is 5.32 Å². The third-order valence-electron chi connectivity index (χ3n) is 2.10. The van der Waals surface area contributed by atoms with E-state index in [4.69, 9.17) is 16.9 Å². The lowest BCUT2D eigenvalue weighted by Gasteiger charge is -2.11. The fraction of sp³-hybridized carbons (Fsp3) is 0.333. The van der Waals surface area contributed by atoms with Gasteiger partial charge in [-0.05, 0) is 26.0 Å². The number of carbonyl (C=O) groups excluding carboxylic acids is 2. The Balaban J connectivity index is 2.93. The first-order chi connectivity index (χ1) is 8.45. The number of nitrogens with zero attached hydrogens (tertiary/aromatic N) is 2. The first-order valence-electron chi connectivity index (χ1n) is 5.31. The van der Waals surface area contributed by atoms with Crippen molar-refractivity contribution in [2.75, 3.05) is 0 Å². The molecule has 1 aromatic rings. The van der Waals surface area contributed by atoms with Crippen molar-refractivity contribution in [3.8, 4) is 6.07 Å². The summed E-state index contributed by atoms with van der Waals surface area (Å²) in [5, 5.41) is 11.6. The Labute approximate surface area is 110 Å². The van der Waals surface area contributed by atoms with E-state index in [9.17, 15) is 9.59 Å². The van der Waals surface area contributed by atoms with Crippen molar-refractivity contribution in [1.29, 1.82) is 5.26 Å². The SMILES string of the molecule is CC(C)NC(=O)[C@@H](C#N)C(=O)c1ccnc(Cl)c1. The maximum atomic E-state index is 12.0. The zero-order valence-electron chi connectivity index (χ0n) is 9.98. The number of carbonyl (C=O) groups is 2. The lowest BCUT2D eigenvalue weighted by Crippen LogP contribution is -2.38. The van der Waals surface area contributed by atoms with Gasteiger partial charge in [0.15, 0.2) is 11.7 Å². The molecule has 1 atom stereocenters. The van der Waals surface area contributed by atoms with Gasteiger partial charge in [0, 0.05) is 17.8 Å². The number of rotatable bonds is 4. The van der Waals surface area contributed by atoms with Crippen LogP contribution in [0.15, 0.2) is 18.3 Å². The van der Waals surface area contributed by atoms with E-state index in [-0.39, 0.29) is 16.8 Å². The van der Waals surface area contributed by atoms with E-state index in [0.29, 0.717) is 0 Å². The summed E-state index contributed by atoms with van der Waals surface area (Å²) in [5.41, 5.74) is 0.195. The van der Waals surface area contributed by atoms with Gasteiger partial charge in [0.05, 0.1) is 6.07 Å². The van der Waals surface area contributed by atoms with Gasteiger partial charge in [0.1, 0.15) is 5.15 Å². The number of hydrogen-bond acceptors (Lipinski definition) is 4. The van der Waals surface area contributed by atoms with Gasteiger partial charge in [-0.3, -0.25) is 9.59 Å². The van der Waals surface area contributed by atoms with Crippen LogP contribution in [0.2, 0.25) is 5.15 Å². The van der Waals surface area contributed by atoms with E-state index in [1.807, 2.05) is 0 Å². The number of Topliss-reactive ketones (excluding diaryl/α,β-unsaturated/α-hetero) is 1. The highest BCUT2D eigenvalue weighted by Gasteiger charge is 2.27. The van der Waals surface area contributed by atoms with Crippen molar-refractivity contribution in [2.45, 2.75) is 19.9 Å². The molecule has 0 aliphatic rings. The van der Waals surface area contributed by atoms with E-state index >= 15 is 0 Å². The molecule has 0 aliphatic carbocycles. The molecule has 0 aromatic carbocycles. The predicted molar refractivity (Wildman–Crippen MR) is 66.0 cm³/mol. The number of nitriles is 1. The van der Waals surface area contributed by atoms with Crippen molar-refractivity contribution >= 4 is 23.3 Å². The summed E-state index contributed by atoms with van der Waals surface area (Å²) in [6.45, 7) is 3.50. The molecule has 1 amide bonds. The minimum Gasteiger partial charge on any atom is -0.352 e. The van der Waals surface area contributed by atoms with Crippen LogP contribution < -0.4 is 5.32 Å². The molecule has 1 N–H and O–H groups in total. The summed E-state index contributed by atoms with van der Waals surface area (Å²) in [7, 11) is 0. The fourth-order valence-corrected chi connectivity index (χ4v) is 1.50. The Hall–Kier alpha value is -1.93. The lowest BCUT2D eigenvalue weighted by molar-refractivity contribution is -0.122. The smallest absolute Gasteiger partial charge is 0.245 e. The first kappa shape index (κ1) is 14.1. The van der Waals surface area contributed by atoms with Crippen LogP contribution in [0.4, 0.5) is 0 Å². The van der Waals surface area contributed by atoms with Gasteiger partial charge in [0.25, 0.3) is 0 Å². The number of halogens is 1. The lowest BCUT2D eigenvalue weighted by atomic mass is 9.98. The van der Waals surface area contributed by atoms with Crippen molar-refractivity contribution in [1.82, 2.24) is 10.3 Å². The largest absolute Gasteiger partial charge is 0.352 e. The molecule has 0 fully saturated rings. The third kappa shape index (κ3) is 3.54. The molecule has 5 nitrogen and oxygen atoms in total. The molecule has 0 bridgehead atoms. The van der Waals surface area contributed by atoms with Crippen molar-refractivity contribution < 1.29 is 9.59 Å². The molecular formula is C12H12ClN3O2. The Kier molecular flexibility index (Phi) is 4.81. The van der Waals surface area contributed by atoms with Gasteiger partial charge in [-0.2, -0.15) is 5.26 Å². The van der Waals surface area contributed by atoms with Crippen molar-refractivity contribution in [3.63, 3.8) is 0 Å². The molecule has 0 radical (unpaired) electrons. The van der Waals surface area contributed by atoms with Crippen LogP contribution in [-0.4, -0.2) is 22.7 Å². The minimum atomic E-state index is -1.37. The predicted octanol–water partition coefficient (Wildman–Crippen LogP) is 1.58. The summed E-state index contributed by atoms with van der Waals surface area (Å²) < 4.78 is 0. The molecular weight excluding hydrogens is 254 g/mol. The monoisotopic (exact) mass is 265 g/mol. The van der Waals surface area contributed by atoms with E-state index in [0.717, 1.165) is 0 Å². The number of pyridine rings is 1. The maximum absolute atomic E-state index is 12.0. The van der Waals surface area contributed by atoms with E-state index < -0.39 is 17.6 Å². The number of ketones is 1. The highest BCUT2D eigenvalue weighted by Crippen LogP contribution is 2.12. The molecule has 1 aromatic heterocycles. The Morgan fingerprint density at radius 3 is 2.67 bits per heavy atom. The van der Waals surface area contributed by atoms with E-state index in [1.165, 1.54) is 18.3 Å². The number of hydrogen-bond donors (Lipinski definition) is 1. The standard InChI is InChI=1S/C12H12ClN3O2/c1-7(2)16-12(18)9(6-14)11(17)8-3-4-15-10(13)5-8/h3-5,7,9H,1-2H3,(H,16,18)/t9-/m0/s1. The molecule has 0 saturated heterocycles. The molecule has 0 spiro atoms. The molecule has 0 unspecified atom stereocenters. The van der Waals surface area contributed by atoms with Gasteiger partial charge in [-0.1, -0.05) is 11.6 Å². The highest BCUT2D eigenvalue weighted by molar-refractivity contribution is 6.29. The van der Waals surface area contributed by atoms with Crippen molar-refractivity contribution in [2.24, 2.45) is 5.92 Å².